The zero-order valence-electron chi connectivity index (χ0n) is 10.4. The molecule has 0 unspecified atom stereocenters. The van der Waals surface area contributed by atoms with Gasteiger partial charge in [0.05, 0.1) is 6.20 Å². The van der Waals surface area contributed by atoms with Crippen LogP contribution in [0.5, 0.6) is 0 Å². The van der Waals surface area contributed by atoms with Crippen LogP contribution in [0.1, 0.15) is 19.3 Å². The molecular formula is C12H16N6O. The van der Waals surface area contributed by atoms with Gasteiger partial charge in [0.15, 0.2) is 11.5 Å². The second kappa shape index (κ2) is 4.85. The van der Waals surface area contributed by atoms with Gasteiger partial charge in [-0.2, -0.15) is 0 Å². The van der Waals surface area contributed by atoms with Crippen molar-refractivity contribution in [2.45, 2.75) is 31.3 Å². The van der Waals surface area contributed by atoms with E-state index in [1.54, 1.807) is 12.3 Å². The quantitative estimate of drug-likeness (QED) is 0.644. The fourth-order valence-electron chi connectivity index (χ4n) is 2.38. The standard InChI is InChI=1S/C12H16N6O/c13-7-1-2-8(5-7)16-12(19)18-10-6-15-11-9(17-10)3-4-14-11/h3-4,6-8H,1-2,5,13H2,(H,14,15)(H2,16,17,18,19)/t7-,8-/m1/s1. The molecule has 19 heavy (non-hydrogen) atoms. The molecule has 2 atom stereocenters. The SMILES string of the molecule is N[C@@H]1CC[C@@H](NC(=O)Nc2cnc3[nH]ccc3n2)C1. The van der Waals surface area contributed by atoms with Gasteiger partial charge in [-0.1, -0.05) is 0 Å². The Morgan fingerprint density at radius 1 is 1.47 bits per heavy atom. The lowest BCUT2D eigenvalue weighted by Crippen LogP contribution is -2.37. The highest BCUT2D eigenvalue weighted by Gasteiger charge is 2.23. The minimum atomic E-state index is -0.261. The van der Waals surface area contributed by atoms with E-state index in [0.29, 0.717) is 11.5 Å². The molecule has 0 aliphatic heterocycles. The highest BCUT2D eigenvalue weighted by molar-refractivity contribution is 5.89. The third-order valence-corrected chi connectivity index (χ3v) is 3.31. The lowest BCUT2D eigenvalue weighted by Gasteiger charge is -2.12. The van der Waals surface area contributed by atoms with E-state index in [1.807, 2.05) is 0 Å². The third kappa shape index (κ3) is 2.65. The monoisotopic (exact) mass is 260 g/mol. The second-order valence-corrected chi connectivity index (χ2v) is 4.84. The topological polar surface area (TPSA) is 109 Å². The van der Waals surface area contributed by atoms with Crippen molar-refractivity contribution >= 4 is 23.0 Å². The summed E-state index contributed by atoms with van der Waals surface area (Å²) in [4.78, 5) is 23.2. The van der Waals surface area contributed by atoms with Crippen molar-refractivity contribution in [1.29, 1.82) is 0 Å². The van der Waals surface area contributed by atoms with E-state index in [1.165, 1.54) is 6.20 Å². The van der Waals surface area contributed by atoms with Crippen LogP contribution in [0, 0.1) is 0 Å². The van der Waals surface area contributed by atoms with Gasteiger partial charge in [0, 0.05) is 18.3 Å². The van der Waals surface area contributed by atoms with E-state index in [9.17, 15) is 4.79 Å². The van der Waals surface area contributed by atoms with E-state index in [2.05, 4.69) is 25.6 Å². The maximum atomic E-state index is 11.8. The van der Waals surface area contributed by atoms with Gasteiger partial charge in [0.25, 0.3) is 0 Å². The van der Waals surface area contributed by atoms with Crippen LogP contribution in [0.4, 0.5) is 10.6 Å². The molecule has 5 N–H and O–H groups in total. The Morgan fingerprint density at radius 2 is 2.37 bits per heavy atom. The molecule has 0 spiro atoms. The molecule has 0 aromatic carbocycles. The van der Waals surface area contributed by atoms with Gasteiger partial charge >= 0.3 is 6.03 Å². The number of anilines is 1. The minimum absolute atomic E-state index is 0.152. The molecule has 0 saturated heterocycles. The molecule has 2 aromatic rings. The zero-order chi connectivity index (χ0) is 13.2. The molecule has 0 radical (unpaired) electrons. The Balaban J connectivity index is 1.62. The van der Waals surface area contributed by atoms with Gasteiger partial charge in [-0.25, -0.2) is 14.8 Å². The third-order valence-electron chi connectivity index (χ3n) is 3.31. The number of urea groups is 1. The summed E-state index contributed by atoms with van der Waals surface area (Å²) in [6.45, 7) is 0. The summed E-state index contributed by atoms with van der Waals surface area (Å²) >= 11 is 0. The molecule has 7 nitrogen and oxygen atoms in total. The maximum absolute atomic E-state index is 11.8. The summed E-state index contributed by atoms with van der Waals surface area (Å²) in [6.07, 6.45) is 6.00. The van der Waals surface area contributed by atoms with Gasteiger partial charge in [-0.3, -0.25) is 5.32 Å². The summed E-state index contributed by atoms with van der Waals surface area (Å²) in [5, 5.41) is 5.58. The smallest absolute Gasteiger partial charge is 0.320 e. The minimum Gasteiger partial charge on any atom is -0.345 e. The Morgan fingerprint density at radius 3 is 3.16 bits per heavy atom. The van der Waals surface area contributed by atoms with Crippen molar-refractivity contribution in [3.63, 3.8) is 0 Å². The molecule has 1 fully saturated rings. The first kappa shape index (κ1) is 11.9. The summed E-state index contributed by atoms with van der Waals surface area (Å²) in [7, 11) is 0. The van der Waals surface area contributed by atoms with Gasteiger partial charge in [-0.05, 0) is 25.3 Å². The number of nitrogens with two attached hydrogens (primary N) is 1. The number of H-pyrrole nitrogens is 1. The zero-order valence-corrected chi connectivity index (χ0v) is 10.4. The van der Waals surface area contributed by atoms with E-state index < -0.39 is 0 Å². The first-order valence-corrected chi connectivity index (χ1v) is 6.34. The van der Waals surface area contributed by atoms with Crippen molar-refractivity contribution in [2.24, 2.45) is 5.73 Å². The molecule has 1 aliphatic carbocycles. The molecule has 0 bridgehead atoms. The van der Waals surface area contributed by atoms with Crippen LogP contribution < -0.4 is 16.4 Å². The fraction of sp³-hybridized carbons (Fsp3) is 0.417. The molecule has 2 aromatic heterocycles. The highest BCUT2D eigenvalue weighted by atomic mass is 16.2. The number of hydrogen-bond acceptors (Lipinski definition) is 4. The van der Waals surface area contributed by atoms with Crippen LogP contribution in [-0.2, 0) is 0 Å². The summed E-state index contributed by atoms with van der Waals surface area (Å²) in [6, 6.07) is 1.89. The normalized spacial score (nSPS) is 22.6. The number of hydrogen-bond donors (Lipinski definition) is 4. The van der Waals surface area contributed by atoms with Crippen LogP contribution in [0.25, 0.3) is 11.2 Å². The summed E-state index contributed by atoms with van der Waals surface area (Å²) < 4.78 is 0. The van der Waals surface area contributed by atoms with Crippen LogP contribution in [0.15, 0.2) is 18.5 Å². The molecule has 2 heterocycles. The number of carbonyl (C=O) groups excluding carboxylic acids is 1. The summed E-state index contributed by atoms with van der Waals surface area (Å²) in [5.41, 5.74) is 7.23. The number of amides is 2. The predicted octanol–water partition coefficient (Wildman–Crippen LogP) is 0.959. The van der Waals surface area contributed by atoms with Crippen LogP contribution in [0.2, 0.25) is 0 Å². The maximum Gasteiger partial charge on any atom is 0.320 e. The van der Waals surface area contributed by atoms with Gasteiger partial charge in [0.1, 0.15) is 5.52 Å². The molecular weight excluding hydrogens is 244 g/mol. The fourth-order valence-corrected chi connectivity index (χ4v) is 2.38. The van der Waals surface area contributed by atoms with Crippen molar-refractivity contribution in [3.05, 3.63) is 18.5 Å². The molecule has 1 aliphatic rings. The number of fused-ring (bicyclic) bond motifs is 1. The Labute approximate surface area is 110 Å². The number of aromatic amines is 1. The number of carbonyl (C=O) groups is 1. The molecule has 1 saturated carbocycles. The van der Waals surface area contributed by atoms with Gasteiger partial charge in [0.2, 0.25) is 0 Å². The van der Waals surface area contributed by atoms with E-state index in [-0.39, 0.29) is 18.1 Å². The van der Waals surface area contributed by atoms with Crippen LogP contribution in [-0.4, -0.2) is 33.1 Å². The Bertz CT molecular complexity index is 595. The lowest BCUT2D eigenvalue weighted by atomic mass is 10.2. The summed E-state index contributed by atoms with van der Waals surface area (Å²) in [5.74, 6) is 0.437. The van der Waals surface area contributed by atoms with Gasteiger partial charge in [-0.15, -0.1) is 0 Å². The Hall–Kier alpha value is -2.15. The first-order chi connectivity index (χ1) is 9.20. The van der Waals surface area contributed by atoms with E-state index >= 15 is 0 Å². The van der Waals surface area contributed by atoms with Crippen LogP contribution >= 0.6 is 0 Å². The average Bonchev–Trinajstić information content (AvgIpc) is 2.97. The Kier molecular flexibility index (Phi) is 3.04. The first-order valence-electron chi connectivity index (χ1n) is 6.34. The van der Waals surface area contributed by atoms with E-state index in [0.717, 1.165) is 24.8 Å². The van der Waals surface area contributed by atoms with Crippen molar-refractivity contribution < 1.29 is 4.79 Å². The highest BCUT2D eigenvalue weighted by Crippen LogP contribution is 2.17. The molecule has 7 heteroatoms. The molecule has 100 valence electrons. The second-order valence-electron chi connectivity index (χ2n) is 4.84. The molecule has 3 rings (SSSR count). The van der Waals surface area contributed by atoms with Crippen molar-refractivity contribution in [1.82, 2.24) is 20.3 Å². The molecule has 2 amide bonds. The van der Waals surface area contributed by atoms with Crippen molar-refractivity contribution in [2.75, 3.05) is 5.32 Å². The number of nitrogens with zero attached hydrogens (tertiary/aromatic N) is 2. The van der Waals surface area contributed by atoms with Crippen molar-refractivity contribution in [3.8, 4) is 0 Å². The predicted molar refractivity (Wildman–Crippen MR) is 71.7 cm³/mol. The number of rotatable bonds is 2. The number of aromatic nitrogens is 3. The van der Waals surface area contributed by atoms with Crippen LogP contribution in [0.3, 0.4) is 0 Å². The van der Waals surface area contributed by atoms with E-state index in [4.69, 9.17) is 5.73 Å². The van der Waals surface area contributed by atoms with Gasteiger partial charge < -0.3 is 16.0 Å². The number of nitrogens with one attached hydrogen (secondary N) is 3. The largest absolute Gasteiger partial charge is 0.345 e. The average molecular weight is 260 g/mol. The lowest BCUT2D eigenvalue weighted by molar-refractivity contribution is 0.248.